The van der Waals surface area contributed by atoms with Crippen molar-refractivity contribution in [1.82, 2.24) is 0 Å². The molecule has 10 heteroatoms. The van der Waals surface area contributed by atoms with Gasteiger partial charge in [0.25, 0.3) is 0 Å². The van der Waals surface area contributed by atoms with Crippen LogP contribution in [0.15, 0.2) is 0 Å². The number of methoxy groups -OCH3 is 1. The van der Waals surface area contributed by atoms with E-state index in [9.17, 15) is 25.5 Å². The first-order valence-corrected chi connectivity index (χ1v) is 7.32. The van der Waals surface area contributed by atoms with Crippen LogP contribution in [0, 0.1) is 0 Å². The van der Waals surface area contributed by atoms with Crippen molar-refractivity contribution in [2.75, 3.05) is 13.7 Å². The largest absolute Gasteiger partial charge is 0.394 e. The van der Waals surface area contributed by atoms with Gasteiger partial charge in [0.1, 0.15) is 42.7 Å². The fourth-order valence-corrected chi connectivity index (χ4v) is 2.67. The van der Waals surface area contributed by atoms with Gasteiger partial charge in [0, 0.05) is 7.11 Å². The van der Waals surface area contributed by atoms with Crippen LogP contribution in [0.2, 0.25) is 0 Å². The van der Waals surface area contributed by atoms with Crippen LogP contribution >= 0.6 is 0 Å². The van der Waals surface area contributed by atoms with Crippen LogP contribution in [0.25, 0.3) is 0 Å². The van der Waals surface area contributed by atoms with Crippen molar-refractivity contribution in [3.05, 3.63) is 0 Å². The molecule has 6 N–H and O–H groups in total. The Bertz CT molecular complexity index is 380. The van der Waals surface area contributed by atoms with Crippen LogP contribution in [0.3, 0.4) is 0 Å². The van der Waals surface area contributed by atoms with Crippen molar-refractivity contribution in [3.63, 3.8) is 0 Å². The van der Waals surface area contributed by atoms with Gasteiger partial charge < -0.3 is 49.6 Å². The average Bonchev–Trinajstić information content (AvgIpc) is 2.54. The summed E-state index contributed by atoms with van der Waals surface area (Å²) in [6.45, 7) is 0.948. The van der Waals surface area contributed by atoms with E-state index in [1.807, 2.05) is 0 Å². The standard InChI is InChI=1S/C13H24O10/c1-4-6(15)8(17)10(19)12(21-4)23-11-9(18)7(16)5(3-14)22-13(11)20-2/h4-19H,3H2,1-2H3/t4-,5+,6+,7-,8+,9-,10+,11-,12+,13+/m1/s1. The van der Waals surface area contributed by atoms with Crippen molar-refractivity contribution in [3.8, 4) is 0 Å². The van der Waals surface area contributed by atoms with E-state index in [4.69, 9.17) is 24.1 Å². The molecule has 10 atom stereocenters. The summed E-state index contributed by atoms with van der Waals surface area (Å²) in [6.07, 6.45) is -12.9. The van der Waals surface area contributed by atoms with E-state index in [0.717, 1.165) is 0 Å². The fourth-order valence-electron chi connectivity index (χ4n) is 2.67. The lowest BCUT2D eigenvalue weighted by Crippen LogP contribution is -2.64. The van der Waals surface area contributed by atoms with Crippen molar-refractivity contribution >= 4 is 0 Å². The van der Waals surface area contributed by atoms with E-state index >= 15 is 0 Å². The van der Waals surface area contributed by atoms with Crippen LogP contribution < -0.4 is 0 Å². The van der Waals surface area contributed by atoms with Gasteiger partial charge in [-0.1, -0.05) is 0 Å². The van der Waals surface area contributed by atoms with E-state index in [-0.39, 0.29) is 0 Å². The summed E-state index contributed by atoms with van der Waals surface area (Å²) in [6, 6.07) is 0. The third kappa shape index (κ3) is 3.66. The second-order valence-corrected chi connectivity index (χ2v) is 5.72. The Balaban J connectivity index is 2.10. The predicted molar refractivity (Wildman–Crippen MR) is 72.0 cm³/mol. The van der Waals surface area contributed by atoms with Gasteiger partial charge in [-0.25, -0.2) is 0 Å². The van der Waals surface area contributed by atoms with E-state index in [1.54, 1.807) is 0 Å². The first-order valence-electron chi connectivity index (χ1n) is 7.32. The second kappa shape index (κ2) is 7.66. The third-order valence-electron chi connectivity index (χ3n) is 4.16. The Labute approximate surface area is 132 Å². The number of ether oxygens (including phenoxy) is 4. The van der Waals surface area contributed by atoms with Crippen LogP contribution in [-0.2, 0) is 18.9 Å². The predicted octanol–water partition coefficient (Wildman–Crippen LogP) is -3.72. The number of hydrogen-bond donors (Lipinski definition) is 6. The summed E-state index contributed by atoms with van der Waals surface area (Å²) in [7, 11) is 1.28. The molecule has 0 aliphatic carbocycles. The van der Waals surface area contributed by atoms with Crippen molar-refractivity contribution in [2.45, 2.75) is 68.3 Å². The number of aliphatic hydroxyl groups excluding tert-OH is 6. The molecule has 2 heterocycles. The van der Waals surface area contributed by atoms with Gasteiger partial charge in [0.15, 0.2) is 12.6 Å². The van der Waals surface area contributed by atoms with Crippen molar-refractivity contribution < 1.29 is 49.6 Å². The van der Waals surface area contributed by atoms with Gasteiger partial charge in [-0.15, -0.1) is 0 Å². The van der Waals surface area contributed by atoms with E-state index in [0.29, 0.717) is 0 Å². The highest BCUT2D eigenvalue weighted by Crippen LogP contribution is 2.29. The molecule has 0 saturated carbocycles. The molecular weight excluding hydrogens is 316 g/mol. The maximum Gasteiger partial charge on any atom is 0.187 e. The number of rotatable bonds is 4. The molecule has 2 aliphatic heterocycles. The monoisotopic (exact) mass is 340 g/mol. The highest BCUT2D eigenvalue weighted by atomic mass is 16.8. The second-order valence-electron chi connectivity index (χ2n) is 5.72. The van der Waals surface area contributed by atoms with Crippen molar-refractivity contribution in [1.29, 1.82) is 0 Å². The lowest BCUT2D eigenvalue weighted by Gasteiger charge is -2.45. The molecule has 2 rings (SSSR count). The molecule has 2 aliphatic rings. The highest BCUT2D eigenvalue weighted by Gasteiger charge is 2.49. The van der Waals surface area contributed by atoms with Gasteiger partial charge in [0.2, 0.25) is 0 Å². The third-order valence-corrected chi connectivity index (χ3v) is 4.16. The molecule has 0 unspecified atom stereocenters. The minimum atomic E-state index is -1.57. The van der Waals surface area contributed by atoms with E-state index in [1.165, 1.54) is 14.0 Å². The molecule has 0 amide bonds. The maximum atomic E-state index is 10.1. The van der Waals surface area contributed by atoms with Crippen LogP contribution in [0.4, 0.5) is 0 Å². The molecule has 0 aromatic rings. The zero-order valence-electron chi connectivity index (χ0n) is 12.8. The Hall–Kier alpha value is -0.400. The van der Waals surface area contributed by atoms with Crippen molar-refractivity contribution in [2.24, 2.45) is 0 Å². The summed E-state index contributed by atoms with van der Waals surface area (Å²) in [5.74, 6) is 0. The normalized spacial score (nSPS) is 51.7. The first-order chi connectivity index (χ1) is 10.8. The summed E-state index contributed by atoms with van der Waals surface area (Å²) in [5, 5.41) is 58.5. The lowest BCUT2D eigenvalue weighted by molar-refractivity contribution is -0.361. The maximum absolute atomic E-state index is 10.1. The van der Waals surface area contributed by atoms with Gasteiger partial charge in [-0.3, -0.25) is 0 Å². The Morgan fingerprint density at radius 3 is 2.04 bits per heavy atom. The molecule has 0 aromatic heterocycles. The smallest absolute Gasteiger partial charge is 0.187 e. The summed E-state index contributed by atoms with van der Waals surface area (Å²) in [4.78, 5) is 0. The topological polar surface area (TPSA) is 158 Å². The molecule has 10 nitrogen and oxygen atoms in total. The zero-order chi connectivity index (χ0) is 17.3. The SMILES string of the molecule is CO[C@H]1O[C@@H](CO)[C@@H](O)[C@@H](O)[C@H]1O[C@@H]1O[C@H](C)[C@H](O)[C@H](O)[C@@H]1O. The van der Waals surface area contributed by atoms with Gasteiger partial charge in [-0.05, 0) is 6.92 Å². The first kappa shape index (κ1) is 18.9. The minimum absolute atomic E-state index is 0.532. The van der Waals surface area contributed by atoms with Gasteiger partial charge >= 0.3 is 0 Å². The highest BCUT2D eigenvalue weighted by molar-refractivity contribution is 4.92. The van der Waals surface area contributed by atoms with Crippen LogP contribution in [-0.4, -0.2) is 106 Å². The molecule has 23 heavy (non-hydrogen) atoms. The average molecular weight is 340 g/mol. The van der Waals surface area contributed by atoms with Crippen LogP contribution in [0.1, 0.15) is 6.92 Å². The van der Waals surface area contributed by atoms with E-state index in [2.05, 4.69) is 0 Å². The molecule has 2 saturated heterocycles. The molecular formula is C13H24O10. The molecule has 0 radical (unpaired) electrons. The number of hydrogen-bond acceptors (Lipinski definition) is 10. The quantitative estimate of drug-likeness (QED) is 0.300. The Morgan fingerprint density at radius 2 is 1.48 bits per heavy atom. The van der Waals surface area contributed by atoms with Gasteiger partial charge in [-0.2, -0.15) is 0 Å². The fraction of sp³-hybridized carbons (Fsp3) is 1.00. The minimum Gasteiger partial charge on any atom is -0.394 e. The molecule has 0 spiro atoms. The molecule has 0 bridgehead atoms. The molecule has 2 fully saturated rings. The van der Waals surface area contributed by atoms with Crippen LogP contribution in [0.5, 0.6) is 0 Å². The molecule has 0 aromatic carbocycles. The summed E-state index contributed by atoms with van der Waals surface area (Å²) < 4.78 is 21.0. The summed E-state index contributed by atoms with van der Waals surface area (Å²) >= 11 is 0. The Kier molecular flexibility index (Phi) is 6.30. The molecule has 136 valence electrons. The van der Waals surface area contributed by atoms with E-state index < -0.39 is 68.0 Å². The summed E-state index contributed by atoms with van der Waals surface area (Å²) in [5.41, 5.74) is 0. The Morgan fingerprint density at radius 1 is 0.826 bits per heavy atom. The zero-order valence-corrected chi connectivity index (χ0v) is 12.8. The number of aliphatic hydroxyl groups is 6. The van der Waals surface area contributed by atoms with Gasteiger partial charge in [0.05, 0.1) is 12.7 Å². The lowest BCUT2D eigenvalue weighted by atomic mass is 9.97.